The van der Waals surface area contributed by atoms with E-state index in [4.69, 9.17) is 16.7 Å². The zero-order valence-corrected chi connectivity index (χ0v) is 15.9. The third-order valence-electron chi connectivity index (χ3n) is 4.68. The molecule has 1 aliphatic carbocycles. The van der Waals surface area contributed by atoms with Gasteiger partial charge < -0.3 is 10.4 Å². The normalized spacial score (nSPS) is 15.9. The van der Waals surface area contributed by atoms with E-state index < -0.39 is 11.2 Å². The summed E-state index contributed by atoms with van der Waals surface area (Å²) < 4.78 is 0. The van der Waals surface area contributed by atoms with E-state index in [1.807, 2.05) is 30.3 Å². The maximum absolute atomic E-state index is 12.7. The monoisotopic (exact) mass is 389 g/mol. The van der Waals surface area contributed by atoms with Crippen LogP contribution >= 0.6 is 23.4 Å². The summed E-state index contributed by atoms with van der Waals surface area (Å²) in [6.45, 7) is 2.17. The molecule has 1 fully saturated rings. The summed E-state index contributed by atoms with van der Waals surface area (Å²) in [5.41, 5.74) is 1.68. The van der Waals surface area contributed by atoms with E-state index in [0.717, 1.165) is 12.8 Å². The van der Waals surface area contributed by atoms with Crippen LogP contribution in [0.2, 0.25) is 5.02 Å². The number of nitrogens with one attached hydrogen (secondary N) is 1. The molecule has 1 amide bonds. The highest BCUT2D eigenvalue weighted by Crippen LogP contribution is 2.47. The summed E-state index contributed by atoms with van der Waals surface area (Å²) >= 11 is 7.14. The molecule has 1 unspecified atom stereocenters. The van der Waals surface area contributed by atoms with Gasteiger partial charge in [-0.2, -0.15) is 0 Å². The fourth-order valence-corrected chi connectivity index (χ4v) is 3.92. The van der Waals surface area contributed by atoms with Crippen LogP contribution in [0.5, 0.6) is 0 Å². The fraction of sp³-hybridized carbons (Fsp3) is 0.300. The number of aliphatic carboxylic acids is 1. The molecule has 1 aliphatic rings. The molecule has 6 heteroatoms. The molecule has 0 bridgehead atoms. The molecule has 26 heavy (non-hydrogen) atoms. The molecule has 0 aliphatic heterocycles. The van der Waals surface area contributed by atoms with Crippen molar-refractivity contribution in [3.05, 3.63) is 64.7 Å². The van der Waals surface area contributed by atoms with Crippen LogP contribution in [0.25, 0.3) is 0 Å². The van der Waals surface area contributed by atoms with Crippen molar-refractivity contribution < 1.29 is 14.7 Å². The average Bonchev–Trinajstić information content (AvgIpc) is 3.42. The first-order chi connectivity index (χ1) is 12.4. The first-order valence-electron chi connectivity index (χ1n) is 8.44. The Morgan fingerprint density at radius 2 is 1.85 bits per heavy atom. The van der Waals surface area contributed by atoms with E-state index in [1.165, 1.54) is 17.3 Å². The molecule has 2 N–H and O–H groups in total. The Bertz CT molecular complexity index is 818. The van der Waals surface area contributed by atoms with E-state index in [9.17, 15) is 9.59 Å². The van der Waals surface area contributed by atoms with Gasteiger partial charge in [0.1, 0.15) is 5.25 Å². The van der Waals surface area contributed by atoms with Crippen LogP contribution in [-0.4, -0.2) is 28.8 Å². The number of rotatable bonds is 7. The van der Waals surface area contributed by atoms with Crippen LogP contribution in [0, 0.1) is 0 Å². The minimum absolute atomic E-state index is 0.0172. The van der Waals surface area contributed by atoms with Gasteiger partial charge in [0.05, 0.1) is 5.56 Å². The van der Waals surface area contributed by atoms with E-state index in [2.05, 4.69) is 5.32 Å². The molecule has 3 rings (SSSR count). The molecule has 1 atom stereocenters. The van der Waals surface area contributed by atoms with E-state index in [1.54, 1.807) is 25.1 Å². The van der Waals surface area contributed by atoms with E-state index in [0.29, 0.717) is 22.0 Å². The Labute approximate surface area is 161 Å². The number of benzene rings is 2. The number of amides is 1. The molecule has 0 aromatic heterocycles. The molecular weight excluding hydrogens is 370 g/mol. The number of carboxylic acids is 1. The van der Waals surface area contributed by atoms with Crippen LogP contribution in [0.1, 0.15) is 35.7 Å². The number of halogens is 1. The number of carbonyl (C=O) groups is 2. The summed E-state index contributed by atoms with van der Waals surface area (Å²) in [5.74, 6) is -1.07. The van der Waals surface area contributed by atoms with Crippen molar-refractivity contribution >= 4 is 35.2 Å². The van der Waals surface area contributed by atoms with Gasteiger partial charge in [-0.1, -0.05) is 35.9 Å². The maximum atomic E-state index is 12.7. The van der Waals surface area contributed by atoms with Gasteiger partial charge in [-0.15, -0.1) is 11.8 Å². The highest BCUT2D eigenvalue weighted by molar-refractivity contribution is 8.00. The van der Waals surface area contributed by atoms with Crippen LogP contribution in [0.3, 0.4) is 0 Å². The number of hydrogen-bond acceptors (Lipinski definition) is 3. The summed E-state index contributed by atoms with van der Waals surface area (Å²) in [6.07, 6.45) is 2.06. The molecule has 0 spiro atoms. The van der Waals surface area contributed by atoms with Gasteiger partial charge in [0.2, 0.25) is 0 Å². The SMILES string of the molecule is CC(Sc1ccccc1C(=O)NCC1(c2ccc(Cl)cc2)CC1)C(=O)O. The lowest BCUT2D eigenvalue weighted by Gasteiger charge is -2.18. The maximum Gasteiger partial charge on any atom is 0.316 e. The second kappa shape index (κ2) is 7.72. The van der Waals surface area contributed by atoms with Crippen molar-refractivity contribution in [2.45, 2.75) is 35.3 Å². The molecule has 0 radical (unpaired) electrons. The predicted molar refractivity (Wildman–Crippen MR) is 104 cm³/mol. The van der Waals surface area contributed by atoms with Gasteiger partial charge in [0.25, 0.3) is 5.91 Å². The molecule has 136 valence electrons. The van der Waals surface area contributed by atoms with Gasteiger partial charge in [-0.05, 0) is 49.6 Å². The van der Waals surface area contributed by atoms with Gasteiger partial charge in [-0.25, -0.2) is 0 Å². The Hall–Kier alpha value is -1.98. The lowest BCUT2D eigenvalue weighted by molar-refractivity contribution is -0.136. The third kappa shape index (κ3) is 4.22. The molecule has 0 heterocycles. The minimum atomic E-state index is -0.898. The Morgan fingerprint density at radius 3 is 2.46 bits per heavy atom. The summed E-state index contributed by atoms with van der Waals surface area (Å²) in [5, 5.41) is 12.2. The number of thioether (sulfide) groups is 1. The summed E-state index contributed by atoms with van der Waals surface area (Å²) in [7, 11) is 0. The van der Waals surface area contributed by atoms with Crippen molar-refractivity contribution in [2.24, 2.45) is 0 Å². The lowest BCUT2D eigenvalue weighted by Crippen LogP contribution is -2.32. The van der Waals surface area contributed by atoms with Gasteiger partial charge >= 0.3 is 5.97 Å². The van der Waals surface area contributed by atoms with Crippen molar-refractivity contribution in [3.63, 3.8) is 0 Å². The topological polar surface area (TPSA) is 66.4 Å². The second-order valence-electron chi connectivity index (χ2n) is 6.56. The molecule has 1 saturated carbocycles. The van der Waals surface area contributed by atoms with Crippen molar-refractivity contribution in [1.82, 2.24) is 5.32 Å². The molecule has 0 saturated heterocycles. The molecule has 4 nitrogen and oxygen atoms in total. The van der Waals surface area contributed by atoms with Crippen LogP contribution in [-0.2, 0) is 10.2 Å². The summed E-state index contributed by atoms with van der Waals surface area (Å²) in [6, 6.07) is 14.9. The Kier molecular flexibility index (Phi) is 5.58. The van der Waals surface area contributed by atoms with Crippen molar-refractivity contribution in [1.29, 1.82) is 0 Å². The van der Waals surface area contributed by atoms with Crippen LogP contribution in [0.4, 0.5) is 0 Å². The third-order valence-corrected chi connectivity index (χ3v) is 6.10. The average molecular weight is 390 g/mol. The van der Waals surface area contributed by atoms with Crippen LogP contribution < -0.4 is 5.32 Å². The first-order valence-corrected chi connectivity index (χ1v) is 9.70. The number of carbonyl (C=O) groups excluding carboxylic acids is 1. The minimum Gasteiger partial charge on any atom is -0.480 e. The zero-order chi connectivity index (χ0) is 18.7. The van der Waals surface area contributed by atoms with Crippen LogP contribution in [0.15, 0.2) is 53.4 Å². The standard InChI is InChI=1S/C20H20ClNO3S/c1-13(19(24)25)26-17-5-3-2-4-16(17)18(23)22-12-20(10-11-20)14-6-8-15(21)9-7-14/h2-9,13H,10-12H2,1H3,(H,22,23)(H,24,25). The highest BCUT2D eigenvalue weighted by atomic mass is 35.5. The Balaban J connectivity index is 1.69. The highest BCUT2D eigenvalue weighted by Gasteiger charge is 2.44. The van der Waals surface area contributed by atoms with Gasteiger partial charge in [0, 0.05) is 21.9 Å². The number of carboxylic acid groups (broad SMARTS) is 1. The zero-order valence-electron chi connectivity index (χ0n) is 14.4. The molecule has 2 aromatic rings. The second-order valence-corrected chi connectivity index (χ2v) is 8.38. The van der Waals surface area contributed by atoms with Crippen molar-refractivity contribution in [2.75, 3.05) is 6.54 Å². The largest absolute Gasteiger partial charge is 0.480 e. The van der Waals surface area contributed by atoms with E-state index in [-0.39, 0.29) is 11.3 Å². The molecular formula is C20H20ClNO3S. The lowest BCUT2D eigenvalue weighted by atomic mass is 9.96. The quantitative estimate of drug-likeness (QED) is 0.690. The van der Waals surface area contributed by atoms with Gasteiger partial charge in [0.15, 0.2) is 0 Å². The predicted octanol–water partition coefficient (Wildman–Crippen LogP) is 4.37. The summed E-state index contributed by atoms with van der Waals surface area (Å²) in [4.78, 5) is 24.5. The van der Waals surface area contributed by atoms with Crippen molar-refractivity contribution in [3.8, 4) is 0 Å². The van der Waals surface area contributed by atoms with Gasteiger partial charge in [-0.3, -0.25) is 9.59 Å². The first kappa shape index (κ1) is 18.8. The van der Waals surface area contributed by atoms with E-state index >= 15 is 0 Å². The Morgan fingerprint density at radius 1 is 1.19 bits per heavy atom. The smallest absolute Gasteiger partial charge is 0.316 e. The molecule has 2 aromatic carbocycles. The number of hydrogen-bond donors (Lipinski definition) is 2. The fourth-order valence-electron chi connectivity index (χ4n) is 2.86.